The summed E-state index contributed by atoms with van der Waals surface area (Å²) < 4.78 is -1.61. The third-order valence-corrected chi connectivity index (χ3v) is 7.33. The van der Waals surface area contributed by atoms with Crippen molar-refractivity contribution in [2.45, 2.75) is 61.9 Å². The Bertz CT molecular complexity index is 754. The number of hydrogen-bond acceptors (Lipinski definition) is 5. The molecule has 0 spiro atoms. The number of hydrogen-bond donors (Lipinski definition) is 2. The second kappa shape index (κ2) is 9.96. The first kappa shape index (κ1) is 23.5. The van der Waals surface area contributed by atoms with E-state index >= 15 is 0 Å². The molecular formula is C20H30Cl3N5O2. The summed E-state index contributed by atoms with van der Waals surface area (Å²) in [6, 6.07) is 0.265. The smallest absolute Gasteiger partial charge is 0.409 e. The van der Waals surface area contributed by atoms with Crippen molar-refractivity contribution in [3.63, 3.8) is 0 Å². The average Bonchev–Trinajstić information content (AvgIpc) is 2.72. The first-order chi connectivity index (χ1) is 14.2. The minimum absolute atomic E-state index is 0.177. The largest absolute Gasteiger partial charge is 0.465 e. The number of fused-ring (bicyclic) bond motifs is 1. The topological polar surface area (TPSA) is 81.6 Å². The van der Waals surface area contributed by atoms with Crippen LogP contribution in [-0.2, 0) is 12.8 Å². The number of carbonyl (C=O) groups is 1. The fraction of sp³-hybridized carbons (Fsp3) is 0.750. The van der Waals surface area contributed by atoms with Gasteiger partial charge in [0.15, 0.2) is 0 Å². The Morgan fingerprint density at radius 2 is 1.83 bits per heavy atom. The van der Waals surface area contributed by atoms with Crippen molar-refractivity contribution in [3.05, 3.63) is 11.3 Å². The Labute approximate surface area is 193 Å². The van der Waals surface area contributed by atoms with E-state index < -0.39 is 10.6 Å². The van der Waals surface area contributed by atoms with Crippen LogP contribution in [0.5, 0.6) is 0 Å². The quantitative estimate of drug-likeness (QED) is 0.435. The summed E-state index contributed by atoms with van der Waals surface area (Å²) in [5.41, 5.74) is 2.44. The minimum Gasteiger partial charge on any atom is -0.465 e. The Hall–Kier alpha value is -1.18. The summed E-state index contributed by atoms with van der Waals surface area (Å²) >= 11 is 17.9. The molecule has 0 atom stereocenters. The monoisotopic (exact) mass is 477 g/mol. The molecule has 0 radical (unpaired) electrons. The van der Waals surface area contributed by atoms with Gasteiger partial charge in [0.2, 0.25) is 10.4 Å². The second-order valence-corrected chi connectivity index (χ2v) is 10.2. The summed E-state index contributed by atoms with van der Waals surface area (Å²) in [6.07, 6.45) is 6.83. The molecule has 0 unspecified atom stereocenters. The second-order valence-electron chi connectivity index (χ2n) is 8.45. The minimum atomic E-state index is -1.61. The van der Waals surface area contributed by atoms with E-state index in [0.717, 1.165) is 54.9 Å². The van der Waals surface area contributed by atoms with Gasteiger partial charge in [-0.2, -0.15) is 4.98 Å². The zero-order valence-electron chi connectivity index (χ0n) is 17.5. The molecule has 10 heteroatoms. The van der Waals surface area contributed by atoms with Crippen molar-refractivity contribution in [1.82, 2.24) is 14.9 Å². The number of aromatic nitrogens is 2. The highest BCUT2D eigenvalue weighted by molar-refractivity contribution is 6.51. The van der Waals surface area contributed by atoms with Gasteiger partial charge in [-0.25, -0.2) is 9.78 Å². The van der Waals surface area contributed by atoms with Crippen LogP contribution in [0.2, 0.25) is 0 Å². The molecule has 3 rings (SSSR count). The summed E-state index contributed by atoms with van der Waals surface area (Å²) in [6.45, 7) is 0.280. The van der Waals surface area contributed by atoms with Gasteiger partial charge in [0, 0.05) is 32.2 Å². The number of amides is 1. The lowest BCUT2D eigenvalue weighted by Gasteiger charge is -2.36. The lowest BCUT2D eigenvalue weighted by Crippen LogP contribution is -2.48. The van der Waals surface area contributed by atoms with Crippen LogP contribution >= 0.6 is 34.8 Å². The highest BCUT2D eigenvalue weighted by Crippen LogP contribution is 2.34. The number of carboxylic acid groups (broad SMARTS) is 1. The van der Waals surface area contributed by atoms with Crippen molar-refractivity contribution >= 4 is 52.7 Å². The third kappa shape index (κ3) is 5.54. The number of alkyl halides is 3. The van der Waals surface area contributed by atoms with Crippen molar-refractivity contribution in [2.24, 2.45) is 5.92 Å². The highest BCUT2D eigenvalue weighted by atomic mass is 35.5. The predicted octanol–water partition coefficient (Wildman–Crippen LogP) is 4.74. The molecule has 1 saturated carbocycles. The van der Waals surface area contributed by atoms with Crippen LogP contribution in [0.25, 0.3) is 0 Å². The zero-order chi connectivity index (χ0) is 21.9. The van der Waals surface area contributed by atoms with E-state index in [9.17, 15) is 9.90 Å². The number of halogens is 3. The van der Waals surface area contributed by atoms with Gasteiger partial charge in [0.05, 0.1) is 11.6 Å². The number of aryl methyl sites for hydroxylation is 1. The predicted molar refractivity (Wildman–Crippen MR) is 122 cm³/mol. The van der Waals surface area contributed by atoms with Gasteiger partial charge in [-0.15, -0.1) is 11.6 Å². The molecule has 2 aliphatic carbocycles. The average molecular weight is 479 g/mol. The number of rotatable bonds is 7. The van der Waals surface area contributed by atoms with Gasteiger partial charge >= 0.3 is 6.09 Å². The molecule has 168 valence electrons. The van der Waals surface area contributed by atoms with Crippen molar-refractivity contribution in [1.29, 1.82) is 0 Å². The van der Waals surface area contributed by atoms with Crippen molar-refractivity contribution < 1.29 is 9.90 Å². The molecule has 1 aromatic heterocycles. The third-order valence-electron chi connectivity index (χ3n) is 5.99. The summed E-state index contributed by atoms with van der Waals surface area (Å²) in [4.78, 5) is 24.2. The summed E-state index contributed by atoms with van der Waals surface area (Å²) in [5, 5.41) is 13.0. The van der Waals surface area contributed by atoms with E-state index in [1.165, 1.54) is 18.4 Å². The molecule has 1 aromatic rings. The molecule has 0 saturated heterocycles. The molecule has 2 N–H and O–H groups in total. The molecule has 1 heterocycles. The van der Waals surface area contributed by atoms with Gasteiger partial charge in [-0.3, -0.25) is 4.90 Å². The first-order valence-corrected chi connectivity index (χ1v) is 11.8. The maximum atomic E-state index is 11.6. The van der Waals surface area contributed by atoms with Crippen LogP contribution in [0.1, 0.15) is 49.8 Å². The summed E-state index contributed by atoms with van der Waals surface area (Å²) in [5.74, 6) is 1.72. The van der Waals surface area contributed by atoms with Crippen LogP contribution in [0.15, 0.2) is 0 Å². The Morgan fingerprint density at radius 3 is 2.43 bits per heavy atom. The van der Waals surface area contributed by atoms with Gasteiger partial charge in [0.25, 0.3) is 0 Å². The molecule has 0 aliphatic heterocycles. The molecule has 0 bridgehead atoms. The van der Waals surface area contributed by atoms with E-state index in [-0.39, 0.29) is 24.4 Å². The van der Waals surface area contributed by atoms with Crippen LogP contribution < -0.4 is 10.2 Å². The number of nitrogens with one attached hydrogen (secondary N) is 1. The Morgan fingerprint density at radius 1 is 1.17 bits per heavy atom. The normalized spacial score (nSPS) is 21.6. The molecule has 2 aliphatic rings. The van der Waals surface area contributed by atoms with Gasteiger partial charge in [-0.05, 0) is 57.3 Å². The van der Waals surface area contributed by atoms with Gasteiger partial charge in [0.1, 0.15) is 5.82 Å². The molecule has 7 nitrogen and oxygen atoms in total. The number of anilines is 2. The summed E-state index contributed by atoms with van der Waals surface area (Å²) in [7, 11) is 4.05. The maximum absolute atomic E-state index is 11.6. The number of nitrogens with zero attached hydrogens (tertiary/aromatic N) is 4. The standard InChI is InChI=1S/C20H30Cl3N5O2/c1-27(2)17-15-5-3-4-6-16(15)25-18(26-17)24-14-9-7-13(8-10-14)11-28(19(29)30)20(22,23)12-21/h13-14H,3-12H2,1-2H3,(H,29,30)(H,24,25,26)/t13-,14+. The van der Waals surface area contributed by atoms with Crippen molar-refractivity contribution in [3.8, 4) is 0 Å². The molecule has 30 heavy (non-hydrogen) atoms. The van der Waals surface area contributed by atoms with Crippen molar-refractivity contribution in [2.75, 3.05) is 36.7 Å². The molecule has 1 fully saturated rings. The molecular weight excluding hydrogens is 449 g/mol. The first-order valence-electron chi connectivity index (χ1n) is 10.5. The van der Waals surface area contributed by atoms with Crippen LogP contribution in [-0.4, -0.2) is 63.1 Å². The van der Waals surface area contributed by atoms with Crippen LogP contribution in [0.3, 0.4) is 0 Å². The fourth-order valence-corrected chi connectivity index (χ4v) is 4.79. The lowest BCUT2D eigenvalue weighted by molar-refractivity contribution is 0.119. The SMILES string of the molecule is CN(C)c1nc(N[C@H]2CC[C@@H](CN(C(=O)O)C(Cl)(Cl)CCl)CC2)nc2c1CCCC2. The molecule has 0 aromatic carbocycles. The molecule has 1 amide bonds. The zero-order valence-corrected chi connectivity index (χ0v) is 19.8. The van der Waals surface area contributed by atoms with Crippen LogP contribution in [0.4, 0.5) is 16.6 Å². The van der Waals surface area contributed by atoms with Gasteiger partial charge in [-0.1, -0.05) is 23.2 Å². The Kier molecular flexibility index (Phi) is 7.80. The van der Waals surface area contributed by atoms with Gasteiger partial charge < -0.3 is 15.3 Å². The maximum Gasteiger partial charge on any atom is 0.409 e. The fourth-order valence-electron chi connectivity index (χ4n) is 4.36. The lowest BCUT2D eigenvalue weighted by atomic mass is 9.85. The van der Waals surface area contributed by atoms with E-state index in [4.69, 9.17) is 44.8 Å². The van der Waals surface area contributed by atoms with E-state index in [0.29, 0.717) is 5.95 Å². The van der Waals surface area contributed by atoms with E-state index in [2.05, 4.69) is 10.2 Å². The Balaban J connectivity index is 1.61. The van der Waals surface area contributed by atoms with E-state index in [1.807, 2.05) is 14.1 Å². The highest BCUT2D eigenvalue weighted by Gasteiger charge is 2.37. The van der Waals surface area contributed by atoms with Crippen LogP contribution in [0, 0.1) is 5.92 Å². The van der Waals surface area contributed by atoms with E-state index in [1.54, 1.807) is 0 Å².